The van der Waals surface area contributed by atoms with E-state index >= 15 is 0 Å². The van der Waals surface area contributed by atoms with Crippen molar-refractivity contribution in [2.24, 2.45) is 0 Å². The summed E-state index contributed by atoms with van der Waals surface area (Å²) >= 11 is 0. The van der Waals surface area contributed by atoms with Crippen molar-refractivity contribution in [3.63, 3.8) is 0 Å². The Balaban J connectivity index is 1.31. The highest BCUT2D eigenvalue weighted by Crippen LogP contribution is 2.22. The van der Waals surface area contributed by atoms with Crippen LogP contribution in [0, 0.1) is 0 Å². The highest BCUT2D eigenvalue weighted by Gasteiger charge is 2.36. The summed E-state index contributed by atoms with van der Waals surface area (Å²) in [4.78, 5) is 40.4. The van der Waals surface area contributed by atoms with Crippen LogP contribution in [0.4, 0.5) is 0 Å². The summed E-state index contributed by atoms with van der Waals surface area (Å²) in [6, 6.07) is 15.3. The SMILES string of the molecule is CC(CNC(=O)CN1C(=O)c2ccccc2C1=O)N1CCc2ccccc2C1. The zero-order chi connectivity index (χ0) is 19.7. The Kier molecular flexibility index (Phi) is 4.96. The zero-order valence-corrected chi connectivity index (χ0v) is 15.9. The molecule has 0 saturated carbocycles. The van der Waals surface area contributed by atoms with Crippen LogP contribution >= 0.6 is 0 Å². The summed E-state index contributed by atoms with van der Waals surface area (Å²) in [6.07, 6.45) is 1.00. The van der Waals surface area contributed by atoms with Crippen molar-refractivity contribution >= 4 is 17.7 Å². The number of hydrogen-bond donors (Lipinski definition) is 1. The van der Waals surface area contributed by atoms with Gasteiger partial charge in [0.2, 0.25) is 5.91 Å². The van der Waals surface area contributed by atoms with Crippen LogP contribution < -0.4 is 5.32 Å². The lowest BCUT2D eigenvalue weighted by atomic mass is 9.99. The number of hydrogen-bond acceptors (Lipinski definition) is 4. The number of rotatable bonds is 5. The maximum atomic E-state index is 12.4. The van der Waals surface area contributed by atoms with E-state index in [-0.39, 0.29) is 18.5 Å². The molecule has 2 heterocycles. The number of nitrogens with zero attached hydrogens (tertiary/aromatic N) is 2. The van der Waals surface area contributed by atoms with Crippen LogP contribution in [0.2, 0.25) is 0 Å². The van der Waals surface area contributed by atoms with Gasteiger partial charge in [0.15, 0.2) is 0 Å². The average Bonchev–Trinajstić information content (AvgIpc) is 2.97. The molecule has 0 radical (unpaired) electrons. The quantitative estimate of drug-likeness (QED) is 0.808. The molecule has 4 rings (SSSR count). The first-order valence-electron chi connectivity index (χ1n) is 9.57. The first kappa shape index (κ1) is 18.4. The van der Waals surface area contributed by atoms with Crippen LogP contribution in [-0.4, -0.2) is 53.2 Å². The van der Waals surface area contributed by atoms with Crippen molar-refractivity contribution in [3.8, 4) is 0 Å². The fourth-order valence-electron chi connectivity index (χ4n) is 3.87. The fourth-order valence-corrected chi connectivity index (χ4v) is 3.87. The van der Waals surface area contributed by atoms with Crippen LogP contribution in [0.15, 0.2) is 48.5 Å². The van der Waals surface area contributed by atoms with E-state index in [0.717, 1.165) is 24.4 Å². The van der Waals surface area contributed by atoms with Gasteiger partial charge >= 0.3 is 0 Å². The largest absolute Gasteiger partial charge is 0.353 e. The number of benzene rings is 2. The lowest BCUT2D eigenvalue weighted by Gasteiger charge is -2.33. The predicted octanol–water partition coefficient (Wildman–Crippen LogP) is 1.85. The molecule has 0 bridgehead atoms. The predicted molar refractivity (Wildman–Crippen MR) is 105 cm³/mol. The van der Waals surface area contributed by atoms with Gasteiger partial charge in [-0.2, -0.15) is 0 Å². The molecule has 1 N–H and O–H groups in total. The van der Waals surface area contributed by atoms with Crippen molar-refractivity contribution in [3.05, 3.63) is 70.8 Å². The minimum Gasteiger partial charge on any atom is -0.353 e. The van der Waals surface area contributed by atoms with Crippen molar-refractivity contribution < 1.29 is 14.4 Å². The Hall–Kier alpha value is -2.99. The van der Waals surface area contributed by atoms with Crippen molar-refractivity contribution in [1.29, 1.82) is 0 Å². The molecular formula is C22H23N3O3. The molecule has 0 saturated heterocycles. The highest BCUT2D eigenvalue weighted by atomic mass is 16.2. The first-order valence-corrected chi connectivity index (χ1v) is 9.57. The normalized spacial score (nSPS) is 17.2. The molecule has 2 aromatic carbocycles. The topological polar surface area (TPSA) is 69.7 Å². The summed E-state index contributed by atoms with van der Waals surface area (Å²) < 4.78 is 0. The van der Waals surface area contributed by atoms with Crippen LogP contribution in [-0.2, 0) is 17.8 Å². The molecule has 144 valence electrons. The monoisotopic (exact) mass is 377 g/mol. The van der Waals surface area contributed by atoms with Crippen LogP contribution in [0.1, 0.15) is 38.8 Å². The minimum absolute atomic E-state index is 0.166. The summed E-state index contributed by atoms with van der Waals surface area (Å²) in [7, 11) is 0. The molecule has 2 aliphatic rings. The molecule has 6 nitrogen and oxygen atoms in total. The van der Waals surface area contributed by atoms with Gasteiger partial charge in [-0.25, -0.2) is 0 Å². The molecule has 3 amide bonds. The molecule has 6 heteroatoms. The Labute approximate surface area is 164 Å². The second kappa shape index (κ2) is 7.56. The second-order valence-electron chi connectivity index (χ2n) is 7.38. The van der Waals surface area contributed by atoms with E-state index in [1.54, 1.807) is 24.3 Å². The van der Waals surface area contributed by atoms with Gasteiger partial charge in [-0.05, 0) is 36.6 Å². The maximum absolute atomic E-state index is 12.4. The van der Waals surface area contributed by atoms with Gasteiger partial charge in [0.1, 0.15) is 6.54 Å². The van der Waals surface area contributed by atoms with Crippen molar-refractivity contribution in [2.45, 2.75) is 25.9 Å². The second-order valence-corrected chi connectivity index (χ2v) is 7.38. The Morgan fingerprint density at radius 3 is 2.29 bits per heavy atom. The lowest BCUT2D eigenvalue weighted by molar-refractivity contribution is -0.121. The maximum Gasteiger partial charge on any atom is 0.262 e. The van der Waals surface area contributed by atoms with E-state index in [2.05, 4.69) is 41.4 Å². The third kappa shape index (κ3) is 3.43. The smallest absolute Gasteiger partial charge is 0.262 e. The molecule has 0 aromatic heterocycles. The molecule has 1 atom stereocenters. The molecule has 2 aromatic rings. The van der Waals surface area contributed by atoms with E-state index < -0.39 is 11.8 Å². The number of imide groups is 1. The van der Waals surface area contributed by atoms with Gasteiger partial charge in [-0.1, -0.05) is 36.4 Å². The van der Waals surface area contributed by atoms with E-state index in [9.17, 15) is 14.4 Å². The minimum atomic E-state index is -0.406. The third-order valence-corrected chi connectivity index (χ3v) is 5.56. The van der Waals surface area contributed by atoms with Gasteiger partial charge in [-0.3, -0.25) is 24.2 Å². The number of amides is 3. The molecule has 0 fully saturated rings. The zero-order valence-electron chi connectivity index (χ0n) is 15.9. The van der Waals surface area contributed by atoms with Crippen LogP contribution in [0.25, 0.3) is 0 Å². The number of carbonyl (C=O) groups excluding carboxylic acids is 3. The molecular weight excluding hydrogens is 354 g/mol. The van der Waals surface area contributed by atoms with Crippen molar-refractivity contribution in [2.75, 3.05) is 19.6 Å². The molecule has 2 aliphatic heterocycles. The molecule has 1 unspecified atom stereocenters. The van der Waals surface area contributed by atoms with Crippen molar-refractivity contribution in [1.82, 2.24) is 15.1 Å². The number of nitrogens with one attached hydrogen (secondary N) is 1. The number of fused-ring (bicyclic) bond motifs is 2. The Morgan fingerprint density at radius 2 is 1.61 bits per heavy atom. The van der Waals surface area contributed by atoms with E-state index in [0.29, 0.717) is 17.7 Å². The Bertz CT molecular complexity index is 905. The Morgan fingerprint density at radius 1 is 1.00 bits per heavy atom. The van der Waals surface area contributed by atoms with Gasteiger partial charge in [0.05, 0.1) is 11.1 Å². The van der Waals surface area contributed by atoms with E-state index in [1.165, 1.54) is 11.1 Å². The summed E-state index contributed by atoms with van der Waals surface area (Å²) in [5.74, 6) is -1.13. The van der Waals surface area contributed by atoms with E-state index in [4.69, 9.17) is 0 Å². The summed E-state index contributed by atoms with van der Waals surface area (Å²) in [5, 5.41) is 2.87. The first-order chi connectivity index (χ1) is 13.5. The number of carbonyl (C=O) groups is 3. The van der Waals surface area contributed by atoms with E-state index in [1.807, 2.05) is 0 Å². The molecule has 0 aliphatic carbocycles. The highest BCUT2D eigenvalue weighted by molar-refractivity contribution is 6.22. The van der Waals surface area contributed by atoms with Crippen LogP contribution in [0.5, 0.6) is 0 Å². The third-order valence-electron chi connectivity index (χ3n) is 5.56. The van der Waals surface area contributed by atoms with Gasteiger partial charge in [0.25, 0.3) is 11.8 Å². The van der Waals surface area contributed by atoms with Gasteiger partial charge < -0.3 is 5.32 Å². The standard InChI is InChI=1S/C22H23N3O3/c1-15(24-11-10-16-6-2-3-7-17(16)13-24)12-23-20(26)14-25-21(27)18-8-4-5-9-19(18)22(25)28/h2-9,15H,10-14H2,1H3,(H,23,26). The van der Waals surface area contributed by atoms with Crippen LogP contribution in [0.3, 0.4) is 0 Å². The fraction of sp³-hybridized carbons (Fsp3) is 0.318. The molecule has 0 spiro atoms. The molecule has 28 heavy (non-hydrogen) atoms. The lowest BCUT2D eigenvalue weighted by Crippen LogP contribution is -2.47. The van der Waals surface area contributed by atoms with Gasteiger partial charge in [-0.15, -0.1) is 0 Å². The summed E-state index contributed by atoms with van der Waals surface area (Å²) in [5.41, 5.74) is 3.44. The summed E-state index contributed by atoms with van der Waals surface area (Å²) in [6.45, 7) is 4.13. The average molecular weight is 377 g/mol. The van der Waals surface area contributed by atoms with Gasteiger partial charge in [0, 0.05) is 25.7 Å².